The van der Waals surface area contributed by atoms with Crippen LogP contribution in [-0.4, -0.2) is 26.7 Å². The van der Waals surface area contributed by atoms with Crippen molar-refractivity contribution in [3.8, 4) is 0 Å². The van der Waals surface area contributed by atoms with Crippen molar-refractivity contribution in [1.82, 2.24) is 5.32 Å². The van der Waals surface area contributed by atoms with Crippen LogP contribution in [0.3, 0.4) is 0 Å². The quantitative estimate of drug-likeness (QED) is 0.729. The van der Waals surface area contributed by atoms with Crippen molar-refractivity contribution in [3.63, 3.8) is 0 Å². The Labute approximate surface area is 106 Å². The highest BCUT2D eigenvalue weighted by molar-refractivity contribution is 5.46. The number of benzene rings is 1. The third kappa shape index (κ3) is 5.22. The minimum atomic E-state index is 0.562. The van der Waals surface area contributed by atoms with Crippen LogP contribution in [0.4, 0.5) is 5.69 Å². The van der Waals surface area contributed by atoms with Crippen LogP contribution >= 0.6 is 0 Å². The minimum absolute atomic E-state index is 0.562. The molecule has 0 aromatic heterocycles. The average molecular weight is 234 g/mol. The van der Waals surface area contributed by atoms with Crippen LogP contribution in [0.25, 0.3) is 0 Å². The summed E-state index contributed by atoms with van der Waals surface area (Å²) < 4.78 is 0. The molecule has 0 fully saturated rings. The van der Waals surface area contributed by atoms with Crippen molar-refractivity contribution in [3.05, 3.63) is 29.8 Å². The molecular formula is C15H26N2. The van der Waals surface area contributed by atoms with Crippen molar-refractivity contribution in [2.75, 3.05) is 25.5 Å². The fraction of sp³-hybridized carbons (Fsp3) is 0.600. The maximum atomic E-state index is 3.56. The van der Waals surface area contributed by atoms with Gasteiger partial charge >= 0.3 is 0 Å². The van der Waals surface area contributed by atoms with Gasteiger partial charge in [0.25, 0.3) is 0 Å². The van der Waals surface area contributed by atoms with Crippen LogP contribution in [0, 0.1) is 0 Å². The first kappa shape index (κ1) is 14.0. The molecule has 0 amide bonds. The van der Waals surface area contributed by atoms with Gasteiger partial charge in [0.2, 0.25) is 0 Å². The van der Waals surface area contributed by atoms with Gasteiger partial charge in [-0.3, -0.25) is 0 Å². The van der Waals surface area contributed by atoms with Gasteiger partial charge in [-0.2, -0.15) is 0 Å². The zero-order valence-corrected chi connectivity index (χ0v) is 11.7. The number of nitrogens with zero attached hydrogens (tertiary/aromatic N) is 1. The van der Waals surface area contributed by atoms with Gasteiger partial charge in [-0.05, 0) is 44.0 Å². The number of unbranched alkanes of at least 4 members (excludes halogenated alkanes) is 1. The van der Waals surface area contributed by atoms with Crippen molar-refractivity contribution < 1.29 is 0 Å². The molecule has 0 spiro atoms. The van der Waals surface area contributed by atoms with Gasteiger partial charge in [-0.25, -0.2) is 0 Å². The zero-order valence-electron chi connectivity index (χ0n) is 11.7. The van der Waals surface area contributed by atoms with Crippen LogP contribution in [0.2, 0.25) is 0 Å². The highest BCUT2D eigenvalue weighted by Gasteiger charge is 2.03. The van der Waals surface area contributed by atoms with Crippen molar-refractivity contribution in [2.24, 2.45) is 0 Å². The minimum Gasteiger partial charge on any atom is -0.378 e. The van der Waals surface area contributed by atoms with Gasteiger partial charge in [-0.15, -0.1) is 0 Å². The first-order valence-electron chi connectivity index (χ1n) is 6.63. The van der Waals surface area contributed by atoms with E-state index in [2.05, 4.69) is 62.4 Å². The lowest BCUT2D eigenvalue weighted by Gasteiger charge is -2.15. The highest BCUT2D eigenvalue weighted by Crippen LogP contribution is 2.13. The molecule has 0 bridgehead atoms. The molecular weight excluding hydrogens is 208 g/mol. The zero-order chi connectivity index (χ0) is 12.7. The molecule has 17 heavy (non-hydrogen) atoms. The molecule has 0 aliphatic heterocycles. The second-order valence-corrected chi connectivity index (χ2v) is 4.97. The lowest BCUT2D eigenvalue weighted by atomic mass is 10.1. The Hall–Kier alpha value is -1.02. The summed E-state index contributed by atoms with van der Waals surface area (Å²) in [4.78, 5) is 2.13. The predicted molar refractivity (Wildman–Crippen MR) is 76.8 cm³/mol. The number of anilines is 1. The fourth-order valence-corrected chi connectivity index (χ4v) is 1.88. The Morgan fingerprint density at radius 1 is 1.18 bits per heavy atom. The van der Waals surface area contributed by atoms with E-state index in [1.807, 2.05) is 0 Å². The molecule has 1 N–H and O–H groups in total. The summed E-state index contributed by atoms with van der Waals surface area (Å²) in [6.45, 7) is 5.62. The van der Waals surface area contributed by atoms with Crippen molar-refractivity contribution in [2.45, 2.75) is 39.2 Å². The molecule has 1 aromatic rings. The summed E-state index contributed by atoms with van der Waals surface area (Å²) in [5.74, 6) is 0. The topological polar surface area (TPSA) is 15.3 Å². The first-order valence-corrected chi connectivity index (χ1v) is 6.63. The largest absolute Gasteiger partial charge is 0.378 e. The summed E-state index contributed by atoms with van der Waals surface area (Å²) in [5.41, 5.74) is 2.67. The van der Waals surface area contributed by atoms with E-state index in [4.69, 9.17) is 0 Å². The van der Waals surface area contributed by atoms with Gasteiger partial charge in [0.1, 0.15) is 0 Å². The van der Waals surface area contributed by atoms with Gasteiger partial charge in [-0.1, -0.05) is 25.5 Å². The molecule has 1 unspecified atom stereocenters. The Kier molecular flexibility index (Phi) is 6.06. The standard InChI is InChI=1S/C15H26N2/c1-5-6-11-16-13(2)12-14-7-9-15(10-8-14)17(3)4/h7-10,13,16H,5-6,11-12H2,1-4H3. The summed E-state index contributed by atoms with van der Waals surface area (Å²) in [6, 6.07) is 9.40. The van der Waals surface area contributed by atoms with E-state index in [1.54, 1.807) is 0 Å². The summed E-state index contributed by atoms with van der Waals surface area (Å²) in [6.07, 6.45) is 3.64. The molecule has 1 atom stereocenters. The molecule has 96 valence electrons. The molecule has 0 saturated heterocycles. The lowest BCUT2D eigenvalue weighted by Crippen LogP contribution is -2.28. The first-order chi connectivity index (χ1) is 8.13. The Morgan fingerprint density at radius 3 is 2.35 bits per heavy atom. The number of hydrogen-bond donors (Lipinski definition) is 1. The Bertz CT molecular complexity index is 303. The molecule has 2 nitrogen and oxygen atoms in total. The van der Waals surface area contributed by atoms with Gasteiger partial charge in [0.15, 0.2) is 0 Å². The summed E-state index contributed by atoms with van der Waals surface area (Å²) >= 11 is 0. The molecule has 2 heteroatoms. The fourth-order valence-electron chi connectivity index (χ4n) is 1.88. The lowest BCUT2D eigenvalue weighted by molar-refractivity contribution is 0.531. The SMILES string of the molecule is CCCCNC(C)Cc1ccc(N(C)C)cc1. The highest BCUT2D eigenvalue weighted by atomic mass is 15.1. The third-order valence-electron chi connectivity index (χ3n) is 3.02. The van der Waals surface area contributed by atoms with Crippen molar-refractivity contribution >= 4 is 5.69 Å². The summed E-state index contributed by atoms with van der Waals surface area (Å²) in [7, 11) is 4.15. The monoisotopic (exact) mass is 234 g/mol. The van der Waals surface area contributed by atoms with E-state index in [0.29, 0.717) is 6.04 Å². The molecule has 0 radical (unpaired) electrons. The van der Waals surface area contributed by atoms with E-state index >= 15 is 0 Å². The van der Waals surface area contributed by atoms with Gasteiger partial charge in [0, 0.05) is 25.8 Å². The third-order valence-corrected chi connectivity index (χ3v) is 3.02. The second kappa shape index (κ2) is 7.33. The average Bonchev–Trinajstić information content (AvgIpc) is 2.30. The van der Waals surface area contributed by atoms with Crippen LogP contribution in [0.15, 0.2) is 24.3 Å². The Balaban J connectivity index is 2.40. The van der Waals surface area contributed by atoms with E-state index in [-0.39, 0.29) is 0 Å². The normalized spacial score (nSPS) is 12.5. The number of hydrogen-bond acceptors (Lipinski definition) is 2. The van der Waals surface area contributed by atoms with E-state index < -0.39 is 0 Å². The Morgan fingerprint density at radius 2 is 1.82 bits per heavy atom. The van der Waals surface area contributed by atoms with E-state index in [9.17, 15) is 0 Å². The van der Waals surface area contributed by atoms with E-state index in [1.165, 1.54) is 24.1 Å². The number of nitrogens with one attached hydrogen (secondary N) is 1. The molecule has 0 aliphatic carbocycles. The molecule has 0 saturated carbocycles. The maximum Gasteiger partial charge on any atom is 0.0361 e. The summed E-state index contributed by atoms with van der Waals surface area (Å²) in [5, 5.41) is 3.56. The molecule has 1 rings (SSSR count). The van der Waals surface area contributed by atoms with Gasteiger partial charge in [0.05, 0.1) is 0 Å². The maximum absolute atomic E-state index is 3.56. The van der Waals surface area contributed by atoms with Crippen LogP contribution < -0.4 is 10.2 Å². The van der Waals surface area contributed by atoms with Crippen LogP contribution in [0.5, 0.6) is 0 Å². The molecule has 0 heterocycles. The van der Waals surface area contributed by atoms with Crippen LogP contribution in [-0.2, 0) is 6.42 Å². The second-order valence-electron chi connectivity index (χ2n) is 4.97. The van der Waals surface area contributed by atoms with Crippen LogP contribution in [0.1, 0.15) is 32.3 Å². The number of rotatable bonds is 7. The molecule has 1 aromatic carbocycles. The van der Waals surface area contributed by atoms with Gasteiger partial charge < -0.3 is 10.2 Å². The smallest absolute Gasteiger partial charge is 0.0361 e. The molecule has 0 aliphatic rings. The van der Waals surface area contributed by atoms with E-state index in [0.717, 1.165) is 13.0 Å². The predicted octanol–water partition coefficient (Wildman–Crippen LogP) is 3.07. The van der Waals surface area contributed by atoms with Crippen molar-refractivity contribution in [1.29, 1.82) is 0 Å².